The lowest BCUT2D eigenvalue weighted by atomic mass is 9.85. The summed E-state index contributed by atoms with van der Waals surface area (Å²) in [4.78, 5) is 12.3. The Balaban J connectivity index is 2.85. The Bertz CT molecular complexity index is 255. The largest absolute Gasteiger partial charge is 0.465 e. The molecule has 0 aliphatic heterocycles. The van der Waals surface area contributed by atoms with E-state index >= 15 is 0 Å². The fourth-order valence-corrected chi connectivity index (χ4v) is 3.24. The van der Waals surface area contributed by atoms with Crippen LogP contribution in [0.15, 0.2) is 12.2 Å². The van der Waals surface area contributed by atoms with Gasteiger partial charge < -0.3 is 10.0 Å². The molecule has 14 heavy (non-hydrogen) atoms. The molecule has 4 unspecified atom stereocenters. The minimum atomic E-state index is -0.842. The lowest BCUT2D eigenvalue weighted by Gasteiger charge is -2.38. The van der Waals surface area contributed by atoms with Gasteiger partial charge in [0.05, 0.1) is 6.04 Å². The van der Waals surface area contributed by atoms with E-state index in [2.05, 4.69) is 48.6 Å². The highest BCUT2D eigenvalue weighted by Crippen LogP contribution is 2.32. The van der Waals surface area contributed by atoms with Gasteiger partial charge in [0.1, 0.15) is 0 Å². The molecule has 0 aromatic carbocycles. The average molecular weight is 309 g/mol. The van der Waals surface area contributed by atoms with Crippen LogP contribution in [0.5, 0.6) is 0 Å². The van der Waals surface area contributed by atoms with Gasteiger partial charge in [-0.2, -0.15) is 0 Å². The number of alkyl halides is 1. The van der Waals surface area contributed by atoms with Gasteiger partial charge in [-0.15, -0.1) is 0 Å². The van der Waals surface area contributed by atoms with E-state index in [1.54, 1.807) is 7.05 Å². The fraction of sp³-hybridized carbons (Fsp3) is 0.700. The van der Waals surface area contributed by atoms with Crippen LogP contribution >= 0.6 is 22.6 Å². The molecular formula is C10H16INO2. The minimum absolute atomic E-state index is 0.0908. The second-order valence-electron chi connectivity index (χ2n) is 3.93. The van der Waals surface area contributed by atoms with Crippen LogP contribution in [0.3, 0.4) is 0 Å². The first-order chi connectivity index (χ1) is 6.45. The van der Waals surface area contributed by atoms with E-state index in [-0.39, 0.29) is 6.04 Å². The summed E-state index contributed by atoms with van der Waals surface area (Å²) in [5.41, 5.74) is 0. The third kappa shape index (κ3) is 2.21. The molecule has 3 nitrogen and oxygen atoms in total. The topological polar surface area (TPSA) is 40.5 Å². The number of allylic oxidation sites excluding steroid dienone is 1. The van der Waals surface area contributed by atoms with Crippen molar-refractivity contribution in [1.82, 2.24) is 4.90 Å². The number of carbonyl (C=O) groups is 1. The van der Waals surface area contributed by atoms with Gasteiger partial charge in [0, 0.05) is 11.0 Å². The molecule has 80 valence electrons. The van der Waals surface area contributed by atoms with Crippen LogP contribution in [0, 0.1) is 11.8 Å². The summed E-state index contributed by atoms with van der Waals surface area (Å²) in [5, 5.41) is 8.95. The number of halogens is 1. The summed E-state index contributed by atoms with van der Waals surface area (Å²) in [6.45, 7) is 4.19. The maximum absolute atomic E-state index is 10.9. The predicted molar refractivity (Wildman–Crippen MR) is 64.9 cm³/mol. The molecule has 1 rings (SSSR count). The maximum atomic E-state index is 10.9. The van der Waals surface area contributed by atoms with Crippen LogP contribution in [-0.2, 0) is 0 Å². The predicted octanol–water partition coefficient (Wildman–Crippen LogP) is 2.61. The smallest absolute Gasteiger partial charge is 0.407 e. The molecule has 0 saturated heterocycles. The van der Waals surface area contributed by atoms with Gasteiger partial charge in [-0.1, -0.05) is 48.6 Å². The minimum Gasteiger partial charge on any atom is -0.465 e. The molecule has 4 heteroatoms. The summed E-state index contributed by atoms with van der Waals surface area (Å²) in [6, 6.07) is 0.0908. The Hall–Kier alpha value is -0.260. The third-order valence-corrected chi connectivity index (χ3v) is 4.71. The molecule has 0 saturated carbocycles. The van der Waals surface area contributed by atoms with Crippen molar-refractivity contribution in [2.24, 2.45) is 11.8 Å². The van der Waals surface area contributed by atoms with Gasteiger partial charge in [0.15, 0.2) is 0 Å². The number of nitrogens with zero attached hydrogens (tertiary/aromatic N) is 1. The molecular weight excluding hydrogens is 293 g/mol. The summed E-state index contributed by atoms with van der Waals surface area (Å²) in [7, 11) is 1.65. The Morgan fingerprint density at radius 3 is 2.36 bits per heavy atom. The number of hydrogen-bond acceptors (Lipinski definition) is 1. The van der Waals surface area contributed by atoms with E-state index in [4.69, 9.17) is 5.11 Å². The molecule has 0 fully saturated rings. The van der Waals surface area contributed by atoms with Crippen molar-refractivity contribution in [1.29, 1.82) is 0 Å². The van der Waals surface area contributed by atoms with Crippen LogP contribution in [-0.4, -0.2) is 33.1 Å². The van der Waals surface area contributed by atoms with Gasteiger partial charge in [-0.3, -0.25) is 0 Å². The van der Waals surface area contributed by atoms with Gasteiger partial charge in [-0.05, 0) is 11.8 Å². The molecule has 0 radical (unpaired) electrons. The van der Waals surface area contributed by atoms with Gasteiger partial charge in [0.25, 0.3) is 0 Å². The highest BCUT2D eigenvalue weighted by Gasteiger charge is 2.35. The highest BCUT2D eigenvalue weighted by atomic mass is 127. The molecule has 1 amide bonds. The Morgan fingerprint density at radius 1 is 1.36 bits per heavy atom. The zero-order valence-electron chi connectivity index (χ0n) is 8.64. The molecule has 1 N–H and O–H groups in total. The zero-order chi connectivity index (χ0) is 10.9. The molecule has 1 aliphatic carbocycles. The van der Waals surface area contributed by atoms with E-state index in [0.29, 0.717) is 15.8 Å². The maximum Gasteiger partial charge on any atom is 0.407 e. The van der Waals surface area contributed by atoms with E-state index in [1.165, 1.54) is 4.90 Å². The molecule has 0 spiro atoms. The first-order valence-corrected chi connectivity index (χ1v) is 5.98. The van der Waals surface area contributed by atoms with Gasteiger partial charge in [0.2, 0.25) is 0 Å². The van der Waals surface area contributed by atoms with Crippen molar-refractivity contribution in [2.75, 3.05) is 7.05 Å². The van der Waals surface area contributed by atoms with Gasteiger partial charge in [-0.25, -0.2) is 4.79 Å². The van der Waals surface area contributed by atoms with Crippen LogP contribution in [0.25, 0.3) is 0 Å². The second kappa shape index (κ2) is 4.51. The van der Waals surface area contributed by atoms with E-state index in [0.717, 1.165) is 0 Å². The molecule has 4 atom stereocenters. The number of hydrogen-bond donors (Lipinski definition) is 1. The Labute approximate surface area is 98.3 Å². The number of rotatable bonds is 1. The normalized spacial score (nSPS) is 36.9. The van der Waals surface area contributed by atoms with Crippen LogP contribution in [0.1, 0.15) is 13.8 Å². The van der Waals surface area contributed by atoms with Crippen molar-refractivity contribution in [3.8, 4) is 0 Å². The molecule has 0 bridgehead atoms. The Kier molecular flexibility index (Phi) is 3.80. The first kappa shape index (κ1) is 11.8. The monoisotopic (exact) mass is 309 g/mol. The number of amides is 1. The van der Waals surface area contributed by atoms with Crippen molar-refractivity contribution < 1.29 is 9.90 Å². The van der Waals surface area contributed by atoms with E-state index in [1.807, 2.05) is 0 Å². The fourth-order valence-electron chi connectivity index (χ4n) is 1.87. The van der Waals surface area contributed by atoms with Crippen LogP contribution in [0.4, 0.5) is 4.79 Å². The molecule has 1 aliphatic rings. The summed E-state index contributed by atoms with van der Waals surface area (Å²) in [5.74, 6) is 0.743. The molecule has 0 aromatic heterocycles. The van der Waals surface area contributed by atoms with Crippen molar-refractivity contribution in [2.45, 2.75) is 23.8 Å². The lowest BCUT2D eigenvalue weighted by molar-refractivity contribution is 0.124. The van der Waals surface area contributed by atoms with Crippen molar-refractivity contribution in [3.05, 3.63) is 12.2 Å². The van der Waals surface area contributed by atoms with Crippen LogP contribution < -0.4 is 0 Å². The zero-order valence-corrected chi connectivity index (χ0v) is 10.8. The quantitative estimate of drug-likeness (QED) is 0.459. The van der Waals surface area contributed by atoms with Crippen molar-refractivity contribution in [3.63, 3.8) is 0 Å². The van der Waals surface area contributed by atoms with Gasteiger partial charge >= 0.3 is 6.09 Å². The second-order valence-corrected chi connectivity index (χ2v) is 5.37. The first-order valence-electron chi connectivity index (χ1n) is 4.73. The summed E-state index contributed by atoms with van der Waals surface area (Å²) < 4.78 is 0.355. The SMILES string of the molecule is CC1C=CC(C)C(N(C)C(=O)O)C1I. The number of carboxylic acid groups (broad SMARTS) is 1. The molecule has 0 aromatic rings. The summed E-state index contributed by atoms with van der Waals surface area (Å²) >= 11 is 2.35. The Morgan fingerprint density at radius 2 is 1.86 bits per heavy atom. The summed E-state index contributed by atoms with van der Waals surface area (Å²) in [6.07, 6.45) is 3.45. The lowest BCUT2D eigenvalue weighted by Crippen LogP contribution is -2.48. The van der Waals surface area contributed by atoms with Crippen molar-refractivity contribution >= 4 is 28.7 Å². The van der Waals surface area contributed by atoms with E-state index in [9.17, 15) is 4.79 Å². The highest BCUT2D eigenvalue weighted by molar-refractivity contribution is 14.1. The standard InChI is InChI=1S/C10H16INO2/c1-6-4-5-7(2)9(8(6)11)12(3)10(13)14/h4-9H,1-3H3,(H,13,14). The molecule has 0 heterocycles. The van der Waals surface area contributed by atoms with Crippen LogP contribution in [0.2, 0.25) is 0 Å². The third-order valence-electron chi connectivity index (χ3n) is 2.83. The van der Waals surface area contributed by atoms with E-state index < -0.39 is 6.09 Å². The average Bonchev–Trinajstić information content (AvgIpc) is 2.12.